The van der Waals surface area contributed by atoms with Crippen molar-refractivity contribution >= 4 is 5.97 Å². The molecule has 0 amide bonds. The zero-order valence-corrected chi connectivity index (χ0v) is 16.9. The summed E-state index contributed by atoms with van der Waals surface area (Å²) < 4.78 is 73.5. The van der Waals surface area contributed by atoms with E-state index in [1.54, 1.807) is 27.7 Å². The summed E-state index contributed by atoms with van der Waals surface area (Å²) in [4.78, 5) is 12.7. The third kappa shape index (κ3) is 4.19. The Hall–Kier alpha value is -1.72. The van der Waals surface area contributed by atoms with E-state index in [0.717, 1.165) is 18.2 Å². The van der Waals surface area contributed by atoms with E-state index in [4.69, 9.17) is 28.4 Å². The summed E-state index contributed by atoms with van der Waals surface area (Å²) in [5.41, 5.74) is -1.17. The summed E-state index contributed by atoms with van der Waals surface area (Å²) in [7, 11) is 0. The summed E-state index contributed by atoms with van der Waals surface area (Å²) in [5.74, 6) is -2.73. The summed E-state index contributed by atoms with van der Waals surface area (Å²) >= 11 is 0. The monoisotopic (exact) mass is 432 g/mol. The van der Waals surface area contributed by atoms with E-state index in [9.17, 15) is 18.0 Å². The molecule has 0 unspecified atom stereocenters. The predicted molar refractivity (Wildman–Crippen MR) is 94.2 cm³/mol. The van der Waals surface area contributed by atoms with Crippen LogP contribution in [0.3, 0.4) is 0 Å². The first-order valence-electron chi connectivity index (χ1n) is 9.56. The van der Waals surface area contributed by atoms with Crippen molar-refractivity contribution in [3.63, 3.8) is 0 Å². The topological polar surface area (TPSA) is 72.5 Å². The molecular weight excluding hydrogens is 409 g/mol. The van der Waals surface area contributed by atoms with Gasteiger partial charge in [-0.05, 0) is 45.9 Å². The van der Waals surface area contributed by atoms with Gasteiger partial charge in [-0.3, -0.25) is 0 Å². The van der Waals surface area contributed by atoms with Crippen molar-refractivity contribution in [3.8, 4) is 0 Å². The first kappa shape index (κ1) is 21.5. The van der Waals surface area contributed by atoms with Crippen LogP contribution < -0.4 is 0 Å². The van der Waals surface area contributed by atoms with Crippen LogP contribution in [0.2, 0.25) is 0 Å². The lowest BCUT2D eigenvalue weighted by Crippen LogP contribution is -2.45. The van der Waals surface area contributed by atoms with E-state index in [2.05, 4.69) is 0 Å². The number of benzene rings is 1. The molecule has 166 valence electrons. The Morgan fingerprint density at radius 3 is 2.43 bits per heavy atom. The fraction of sp³-hybridized carbons (Fsp3) is 0.650. The summed E-state index contributed by atoms with van der Waals surface area (Å²) in [6, 6.07) is 4.04. The standard InChI is InChI=1S/C20H23F3O7/c1-18(2)25-9-12(28-18)13-14(15-17(27-13)30-19(3,4)29-15)26-16(24)10-6-5-7-11(8-10)20(21,22)23/h5-8,12-15,17H,9H2,1-4H3/t12-,13+,14-,15+,17+/m0/s1. The molecule has 3 fully saturated rings. The molecule has 0 bridgehead atoms. The molecule has 30 heavy (non-hydrogen) atoms. The molecule has 3 aliphatic rings. The Balaban J connectivity index is 1.56. The van der Waals surface area contributed by atoms with Crippen LogP contribution in [0.4, 0.5) is 13.2 Å². The van der Waals surface area contributed by atoms with Gasteiger partial charge in [-0.25, -0.2) is 4.79 Å². The maximum atomic E-state index is 13.0. The number of carbonyl (C=O) groups is 1. The van der Waals surface area contributed by atoms with E-state index in [1.807, 2.05) is 0 Å². The van der Waals surface area contributed by atoms with Crippen LogP contribution in [0.15, 0.2) is 24.3 Å². The van der Waals surface area contributed by atoms with Crippen LogP contribution >= 0.6 is 0 Å². The fourth-order valence-electron chi connectivity index (χ4n) is 3.83. The van der Waals surface area contributed by atoms with Gasteiger partial charge < -0.3 is 28.4 Å². The van der Waals surface area contributed by atoms with E-state index < -0.39 is 60.0 Å². The van der Waals surface area contributed by atoms with Crippen molar-refractivity contribution in [1.82, 2.24) is 0 Å². The fourth-order valence-corrected chi connectivity index (χ4v) is 3.83. The number of carbonyl (C=O) groups excluding carboxylic acids is 1. The molecule has 7 nitrogen and oxygen atoms in total. The highest BCUT2D eigenvalue weighted by molar-refractivity contribution is 5.89. The second kappa shape index (κ2) is 7.16. The van der Waals surface area contributed by atoms with Crippen LogP contribution in [-0.2, 0) is 34.6 Å². The van der Waals surface area contributed by atoms with Gasteiger partial charge in [0.05, 0.1) is 17.7 Å². The average Bonchev–Trinajstić information content (AvgIpc) is 3.24. The molecule has 1 aromatic carbocycles. The third-order valence-electron chi connectivity index (χ3n) is 5.09. The van der Waals surface area contributed by atoms with E-state index >= 15 is 0 Å². The normalized spacial score (nSPS) is 34.7. The van der Waals surface area contributed by atoms with Crippen LogP contribution in [0.5, 0.6) is 0 Å². The third-order valence-corrected chi connectivity index (χ3v) is 5.09. The number of alkyl halides is 3. The maximum Gasteiger partial charge on any atom is 0.416 e. The molecule has 10 heteroatoms. The Kier molecular flexibility index (Phi) is 5.14. The highest BCUT2D eigenvalue weighted by Crippen LogP contribution is 2.42. The molecule has 0 N–H and O–H groups in total. The number of esters is 1. The number of fused-ring (bicyclic) bond motifs is 1. The summed E-state index contributed by atoms with van der Waals surface area (Å²) in [6.07, 6.45) is -8.44. The number of hydrogen-bond donors (Lipinski definition) is 0. The molecule has 0 spiro atoms. The molecule has 4 rings (SSSR count). The van der Waals surface area contributed by atoms with Crippen LogP contribution in [0, 0.1) is 0 Å². The van der Waals surface area contributed by atoms with Crippen molar-refractivity contribution in [2.24, 2.45) is 0 Å². The smallest absolute Gasteiger partial charge is 0.416 e. The number of hydrogen-bond acceptors (Lipinski definition) is 7. The first-order valence-corrected chi connectivity index (χ1v) is 9.56. The van der Waals surface area contributed by atoms with E-state index in [-0.39, 0.29) is 12.2 Å². The Morgan fingerprint density at radius 2 is 1.80 bits per heavy atom. The molecule has 5 atom stereocenters. The molecule has 3 saturated heterocycles. The van der Waals surface area contributed by atoms with Crippen molar-refractivity contribution < 1.29 is 46.4 Å². The molecular formula is C20H23F3O7. The van der Waals surface area contributed by atoms with Gasteiger partial charge in [-0.2, -0.15) is 13.2 Å². The zero-order chi connectivity index (χ0) is 21.9. The molecule has 0 aromatic heterocycles. The van der Waals surface area contributed by atoms with E-state index in [0.29, 0.717) is 0 Å². The lowest BCUT2D eigenvalue weighted by molar-refractivity contribution is -0.232. The predicted octanol–water partition coefficient (Wildman–Crippen LogP) is 3.26. The molecule has 0 radical (unpaired) electrons. The van der Waals surface area contributed by atoms with E-state index in [1.165, 1.54) is 6.07 Å². The lowest BCUT2D eigenvalue weighted by Gasteiger charge is -2.28. The molecule has 0 aliphatic carbocycles. The zero-order valence-electron chi connectivity index (χ0n) is 16.9. The van der Waals surface area contributed by atoms with Crippen LogP contribution in [0.1, 0.15) is 43.6 Å². The Labute approximate surface area is 171 Å². The van der Waals surface area contributed by atoms with Gasteiger partial charge >= 0.3 is 12.1 Å². The van der Waals surface area contributed by atoms with Gasteiger partial charge in [0.1, 0.15) is 12.2 Å². The lowest BCUT2D eigenvalue weighted by atomic mass is 10.1. The van der Waals surface area contributed by atoms with Gasteiger partial charge in [0.25, 0.3) is 0 Å². The number of halogens is 3. The first-order chi connectivity index (χ1) is 13.8. The van der Waals surface area contributed by atoms with Gasteiger partial charge in [0, 0.05) is 0 Å². The largest absolute Gasteiger partial charge is 0.453 e. The highest BCUT2D eigenvalue weighted by atomic mass is 19.4. The van der Waals surface area contributed by atoms with Gasteiger partial charge in [-0.1, -0.05) is 6.07 Å². The van der Waals surface area contributed by atoms with Gasteiger partial charge in [0.2, 0.25) is 0 Å². The number of ether oxygens (including phenoxy) is 6. The van der Waals surface area contributed by atoms with Crippen LogP contribution in [-0.4, -0.2) is 54.9 Å². The van der Waals surface area contributed by atoms with Crippen molar-refractivity contribution in [1.29, 1.82) is 0 Å². The average molecular weight is 432 g/mol. The van der Waals surface area contributed by atoms with Crippen molar-refractivity contribution in [2.45, 2.75) is 76.2 Å². The highest BCUT2D eigenvalue weighted by Gasteiger charge is 2.60. The number of rotatable bonds is 3. The summed E-state index contributed by atoms with van der Waals surface area (Å²) in [5, 5.41) is 0. The minimum absolute atomic E-state index is 0.193. The second-order valence-corrected chi connectivity index (χ2v) is 8.38. The molecule has 1 aromatic rings. The minimum Gasteiger partial charge on any atom is -0.453 e. The second-order valence-electron chi connectivity index (χ2n) is 8.38. The molecule has 3 heterocycles. The molecule has 0 saturated carbocycles. The van der Waals surface area contributed by atoms with Gasteiger partial charge in [0.15, 0.2) is 30.1 Å². The molecule has 3 aliphatic heterocycles. The summed E-state index contributed by atoms with van der Waals surface area (Å²) in [6.45, 7) is 7.05. The quantitative estimate of drug-likeness (QED) is 0.679. The SMILES string of the molecule is CC1(C)O[C@H]2O[C@H]([C@@H]3COC(C)(C)O3)[C@H](OC(=O)c3cccc(C(F)(F)F)c3)[C@H]2O1. The maximum absolute atomic E-state index is 13.0. The van der Waals surface area contributed by atoms with Gasteiger partial charge in [-0.15, -0.1) is 0 Å². The van der Waals surface area contributed by atoms with Crippen LogP contribution in [0.25, 0.3) is 0 Å². The van der Waals surface area contributed by atoms with Crippen molar-refractivity contribution in [3.05, 3.63) is 35.4 Å². The van der Waals surface area contributed by atoms with Crippen molar-refractivity contribution in [2.75, 3.05) is 6.61 Å². The Bertz CT molecular complexity index is 823. The Morgan fingerprint density at radius 1 is 1.07 bits per heavy atom. The minimum atomic E-state index is -4.58.